The zero-order valence-electron chi connectivity index (χ0n) is 16.9. The van der Waals surface area contributed by atoms with E-state index in [4.69, 9.17) is 8.83 Å². The van der Waals surface area contributed by atoms with Crippen molar-refractivity contribution in [3.05, 3.63) is 48.3 Å². The largest absolute Gasteiger partial charge is 0.451 e. The second-order valence-electron chi connectivity index (χ2n) is 7.95. The van der Waals surface area contributed by atoms with Gasteiger partial charge in [0.1, 0.15) is 12.1 Å². The van der Waals surface area contributed by atoms with Gasteiger partial charge in [0.05, 0.1) is 5.56 Å². The molecule has 0 unspecified atom stereocenters. The van der Waals surface area contributed by atoms with Gasteiger partial charge in [-0.25, -0.2) is 12.8 Å². The van der Waals surface area contributed by atoms with E-state index < -0.39 is 10.0 Å². The monoisotopic (exact) mass is 446 g/mol. The van der Waals surface area contributed by atoms with E-state index in [-0.39, 0.29) is 22.7 Å². The standard InChI is InChI=1S/C21H23FN4O4S/c22-17-5-7-18(8-6-17)25-9-11-26(12-10-25)31(27,28)19-13-16(14-29-19)21-24-23-20(30-21)15-3-1-2-4-15/h5-8,13-15H,1-4,9-12H2. The first kappa shape index (κ1) is 20.2. The van der Waals surface area contributed by atoms with Crippen LogP contribution in [0.25, 0.3) is 11.5 Å². The molecule has 8 nitrogen and oxygen atoms in total. The predicted molar refractivity (Wildman–Crippen MR) is 111 cm³/mol. The Hall–Kier alpha value is -2.72. The minimum Gasteiger partial charge on any atom is -0.451 e. The minimum absolute atomic E-state index is 0.140. The molecule has 2 fully saturated rings. The van der Waals surface area contributed by atoms with Crippen LogP contribution < -0.4 is 4.90 Å². The molecular formula is C21H23FN4O4S. The summed E-state index contributed by atoms with van der Waals surface area (Å²) in [4.78, 5) is 2.03. The summed E-state index contributed by atoms with van der Waals surface area (Å²) in [6.45, 7) is 1.63. The van der Waals surface area contributed by atoms with Crippen LogP contribution in [-0.4, -0.2) is 49.1 Å². The highest BCUT2D eigenvalue weighted by Crippen LogP contribution is 2.35. The first-order valence-electron chi connectivity index (χ1n) is 10.4. The highest BCUT2D eigenvalue weighted by molar-refractivity contribution is 7.89. The summed E-state index contributed by atoms with van der Waals surface area (Å²) in [6, 6.07) is 7.63. The lowest BCUT2D eigenvalue weighted by atomic mass is 10.1. The molecule has 1 aromatic carbocycles. The van der Waals surface area contributed by atoms with Crippen molar-refractivity contribution in [1.29, 1.82) is 0 Å². The summed E-state index contributed by atoms with van der Waals surface area (Å²) < 4.78 is 51.7. The number of sulfonamides is 1. The summed E-state index contributed by atoms with van der Waals surface area (Å²) >= 11 is 0. The van der Waals surface area contributed by atoms with Crippen molar-refractivity contribution < 1.29 is 21.6 Å². The van der Waals surface area contributed by atoms with E-state index in [2.05, 4.69) is 10.2 Å². The molecule has 0 amide bonds. The van der Waals surface area contributed by atoms with Crippen molar-refractivity contribution in [2.24, 2.45) is 0 Å². The van der Waals surface area contributed by atoms with Crippen LogP contribution in [0.4, 0.5) is 10.1 Å². The fourth-order valence-electron chi connectivity index (χ4n) is 4.22. The smallest absolute Gasteiger partial charge is 0.276 e. The van der Waals surface area contributed by atoms with Gasteiger partial charge in [0.25, 0.3) is 15.9 Å². The van der Waals surface area contributed by atoms with Crippen LogP contribution in [-0.2, 0) is 10.0 Å². The lowest BCUT2D eigenvalue weighted by Crippen LogP contribution is -2.48. The Bertz CT molecular complexity index is 1140. The van der Waals surface area contributed by atoms with Gasteiger partial charge < -0.3 is 13.7 Å². The fraction of sp³-hybridized carbons (Fsp3) is 0.429. The molecule has 2 aliphatic rings. The van der Waals surface area contributed by atoms with Gasteiger partial charge >= 0.3 is 0 Å². The van der Waals surface area contributed by atoms with Crippen molar-refractivity contribution in [3.63, 3.8) is 0 Å². The van der Waals surface area contributed by atoms with Gasteiger partial charge in [0.2, 0.25) is 11.0 Å². The zero-order valence-corrected chi connectivity index (χ0v) is 17.7. The molecule has 164 valence electrons. The summed E-state index contributed by atoms with van der Waals surface area (Å²) in [5, 5.41) is 8.06. The Balaban J connectivity index is 1.27. The molecule has 0 spiro atoms. The summed E-state index contributed by atoms with van der Waals surface area (Å²) in [5.41, 5.74) is 1.33. The molecule has 2 aromatic heterocycles. The van der Waals surface area contributed by atoms with E-state index in [1.54, 1.807) is 12.1 Å². The average molecular weight is 447 g/mol. The molecule has 31 heavy (non-hydrogen) atoms. The zero-order chi connectivity index (χ0) is 21.4. The number of furan rings is 1. The third kappa shape index (κ3) is 3.97. The van der Waals surface area contributed by atoms with Crippen LogP contribution >= 0.6 is 0 Å². The molecule has 0 atom stereocenters. The maximum atomic E-state index is 13.1. The van der Waals surface area contributed by atoms with Gasteiger partial charge in [0.15, 0.2) is 0 Å². The number of aromatic nitrogens is 2. The topological polar surface area (TPSA) is 92.7 Å². The van der Waals surface area contributed by atoms with Crippen LogP contribution in [0.2, 0.25) is 0 Å². The molecule has 3 heterocycles. The normalized spacial score (nSPS) is 18.7. The maximum Gasteiger partial charge on any atom is 0.276 e. The SMILES string of the molecule is O=S(=O)(c1cc(-c2nnc(C3CCCC3)o2)co1)N1CCN(c2ccc(F)cc2)CC1. The molecular weight excluding hydrogens is 423 g/mol. The van der Waals surface area contributed by atoms with E-state index in [1.807, 2.05) is 4.90 Å². The number of hydrogen-bond acceptors (Lipinski definition) is 7. The third-order valence-electron chi connectivity index (χ3n) is 5.99. The summed E-state index contributed by atoms with van der Waals surface area (Å²) in [5.74, 6) is 0.868. The predicted octanol–water partition coefficient (Wildman–Crippen LogP) is 3.64. The van der Waals surface area contributed by atoms with E-state index in [0.29, 0.717) is 37.6 Å². The number of nitrogens with zero attached hydrogens (tertiary/aromatic N) is 4. The Kier molecular flexibility index (Phi) is 5.27. The quantitative estimate of drug-likeness (QED) is 0.591. The third-order valence-corrected chi connectivity index (χ3v) is 7.76. The summed E-state index contributed by atoms with van der Waals surface area (Å²) in [7, 11) is -3.78. The maximum absolute atomic E-state index is 13.1. The second kappa shape index (κ2) is 8.08. The minimum atomic E-state index is -3.78. The molecule has 3 aromatic rings. The van der Waals surface area contributed by atoms with E-state index in [9.17, 15) is 12.8 Å². The van der Waals surface area contributed by atoms with Crippen molar-refractivity contribution >= 4 is 15.7 Å². The van der Waals surface area contributed by atoms with Crippen molar-refractivity contribution in [1.82, 2.24) is 14.5 Å². The lowest BCUT2D eigenvalue weighted by molar-refractivity contribution is 0.362. The van der Waals surface area contributed by atoms with E-state index >= 15 is 0 Å². The van der Waals surface area contributed by atoms with Gasteiger partial charge in [-0.05, 0) is 37.1 Å². The first-order valence-corrected chi connectivity index (χ1v) is 11.9. The number of rotatable bonds is 5. The highest BCUT2D eigenvalue weighted by Gasteiger charge is 2.32. The molecule has 0 N–H and O–H groups in total. The van der Waals surface area contributed by atoms with Gasteiger partial charge in [-0.1, -0.05) is 12.8 Å². The molecule has 1 saturated carbocycles. The van der Waals surface area contributed by atoms with Crippen molar-refractivity contribution in [3.8, 4) is 11.5 Å². The van der Waals surface area contributed by atoms with Crippen LogP contribution in [0, 0.1) is 5.82 Å². The number of piperazine rings is 1. The lowest BCUT2D eigenvalue weighted by Gasteiger charge is -2.34. The fourth-order valence-corrected chi connectivity index (χ4v) is 5.56. The van der Waals surface area contributed by atoms with E-state index in [0.717, 1.165) is 31.4 Å². The number of benzene rings is 1. The van der Waals surface area contributed by atoms with Crippen LogP contribution in [0.5, 0.6) is 0 Å². The molecule has 10 heteroatoms. The molecule has 1 aliphatic carbocycles. The van der Waals surface area contributed by atoms with Gasteiger partial charge in [0, 0.05) is 43.9 Å². The molecule has 5 rings (SSSR count). The van der Waals surface area contributed by atoms with Gasteiger partial charge in [-0.3, -0.25) is 0 Å². The van der Waals surface area contributed by atoms with E-state index in [1.165, 1.54) is 28.8 Å². The van der Waals surface area contributed by atoms with Crippen molar-refractivity contribution in [2.75, 3.05) is 31.1 Å². The Morgan fingerprint density at radius 3 is 2.42 bits per heavy atom. The van der Waals surface area contributed by atoms with Crippen LogP contribution in [0.1, 0.15) is 37.5 Å². The number of hydrogen-bond donors (Lipinski definition) is 0. The summed E-state index contributed by atoms with van der Waals surface area (Å²) in [6.07, 6.45) is 5.73. The molecule has 0 radical (unpaired) electrons. The molecule has 0 bridgehead atoms. The molecule has 1 aliphatic heterocycles. The van der Waals surface area contributed by atoms with Gasteiger partial charge in [-0.2, -0.15) is 4.31 Å². The first-order chi connectivity index (χ1) is 15.0. The Labute approximate surface area is 179 Å². The average Bonchev–Trinajstić information content (AvgIpc) is 3.55. The highest BCUT2D eigenvalue weighted by atomic mass is 32.2. The second-order valence-corrected chi connectivity index (χ2v) is 9.82. The number of anilines is 1. The number of halogens is 1. The Morgan fingerprint density at radius 2 is 1.71 bits per heavy atom. The van der Waals surface area contributed by atoms with Crippen LogP contribution in [0.3, 0.4) is 0 Å². The van der Waals surface area contributed by atoms with Gasteiger partial charge in [-0.15, -0.1) is 10.2 Å². The Morgan fingerprint density at radius 1 is 1.00 bits per heavy atom. The van der Waals surface area contributed by atoms with Crippen molar-refractivity contribution in [2.45, 2.75) is 36.7 Å². The molecule has 1 saturated heterocycles. The van der Waals surface area contributed by atoms with Crippen LogP contribution in [0.15, 0.2) is 50.5 Å².